The number of alkyl halides is 6. The Labute approximate surface area is 166 Å². The Morgan fingerprint density at radius 2 is 1.36 bits per heavy atom. The quantitative estimate of drug-likeness (QED) is 0.452. The van der Waals surface area contributed by atoms with Gasteiger partial charge in [-0.25, -0.2) is 15.0 Å². The van der Waals surface area contributed by atoms with E-state index >= 15 is 0 Å². The van der Waals surface area contributed by atoms with Crippen LogP contribution in [0.2, 0.25) is 0 Å². The molecule has 1 heterocycles. The lowest BCUT2D eigenvalue weighted by Crippen LogP contribution is -2.19. The highest BCUT2D eigenvalue weighted by Crippen LogP contribution is 2.41. The van der Waals surface area contributed by atoms with E-state index < -0.39 is 7.59 Å². The molecule has 0 atom stereocenters. The van der Waals surface area contributed by atoms with Crippen molar-refractivity contribution in [3.05, 3.63) is 34.3 Å². The predicted molar refractivity (Wildman–Crippen MR) is 99.6 cm³/mol. The molecule has 1 aromatic heterocycles. The summed E-state index contributed by atoms with van der Waals surface area (Å²) in [5.41, 5.74) is 1.59. The lowest BCUT2D eigenvalue weighted by molar-refractivity contribution is 0.851. The van der Waals surface area contributed by atoms with Gasteiger partial charge in [0.15, 0.2) is 17.5 Å². The van der Waals surface area contributed by atoms with Gasteiger partial charge < -0.3 is 0 Å². The largest absolute Gasteiger partial charge is 0.250 e. The average Bonchev–Trinajstić information content (AvgIpc) is 2.36. The topological polar surface area (TPSA) is 38.7 Å². The number of hydrogen-bond donors (Lipinski definition) is 0. The third-order valence-corrected chi connectivity index (χ3v) is 4.26. The van der Waals surface area contributed by atoms with Gasteiger partial charge in [-0.1, -0.05) is 103 Å². The zero-order chi connectivity index (χ0) is 16.7. The molecule has 0 aliphatic rings. The maximum atomic E-state index is 5.86. The van der Waals surface area contributed by atoms with Crippen molar-refractivity contribution >= 4 is 98.8 Å². The summed E-state index contributed by atoms with van der Waals surface area (Å²) in [7, 11) is 1.88. The summed E-state index contributed by atoms with van der Waals surface area (Å²) in [6.07, 6.45) is 0. The van der Waals surface area contributed by atoms with Gasteiger partial charge in [0.05, 0.1) is 0 Å². The summed E-state index contributed by atoms with van der Waals surface area (Å²) in [5, 5.41) is 0. The minimum atomic E-state index is -1.88. The monoisotopic (exact) mass is 479 g/mol. The van der Waals surface area contributed by atoms with E-state index in [9.17, 15) is 0 Å². The number of halogens is 7. The fraction of sp³-hybridized carbons (Fsp3) is 0.182. The fourth-order valence-corrected chi connectivity index (χ4v) is 2.81. The summed E-state index contributed by atoms with van der Waals surface area (Å²) in [6.45, 7) is 0. The molecule has 2 aromatic rings. The number of hydrogen-bond acceptors (Lipinski definition) is 3. The molecule has 2 rings (SSSR count). The van der Waals surface area contributed by atoms with Crippen molar-refractivity contribution in [3.63, 3.8) is 0 Å². The maximum absolute atomic E-state index is 5.86. The molecule has 0 spiro atoms. The Kier molecular flexibility index (Phi) is 5.82. The van der Waals surface area contributed by atoms with Crippen LogP contribution in [0.25, 0.3) is 11.4 Å². The van der Waals surface area contributed by atoms with Crippen LogP contribution in [0.15, 0.2) is 22.7 Å². The maximum Gasteiger partial charge on any atom is 0.250 e. The van der Waals surface area contributed by atoms with Crippen LogP contribution in [0.4, 0.5) is 0 Å². The molecular weight excluding hydrogens is 478 g/mol. The summed E-state index contributed by atoms with van der Waals surface area (Å²) in [4.78, 5) is 12.3. The van der Waals surface area contributed by atoms with Crippen LogP contribution >= 0.6 is 85.5 Å². The molecule has 1 aromatic carbocycles. The molecule has 0 saturated carbocycles. The van der Waals surface area contributed by atoms with Gasteiger partial charge in [0, 0.05) is 10.0 Å². The molecule has 11 heteroatoms. The molecule has 0 amide bonds. The van der Waals surface area contributed by atoms with Gasteiger partial charge in [-0.2, -0.15) is 0 Å². The summed E-state index contributed by atoms with van der Waals surface area (Å²) < 4.78 is -3.00. The van der Waals surface area contributed by atoms with Crippen LogP contribution in [0.5, 0.6) is 0 Å². The van der Waals surface area contributed by atoms with Gasteiger partial charge in [-0.05, 0) is 6.07 Å². The van der Waals surface area contributed by atoms with Gasteiger partial charge in [0.25, 0.3) is 0 Å². The highest BCUT2D eigenvalue weighted by molar-refractivity contribution is 9.10. The van der Waals surface area contributed by atoms with Crippen LogP contribution in [0.1, 0.15) is 11.6 Å². The molecule has 22 heavy (non-hydrogen) atoms. The lowest BCUT2D eigenvalue weighted by Gasteiger charge is -2.16. The van der Waals surface area contributed by atoms with E-state index in [-0.39, 0.29) is 17.5 Å². The normalized spacial score (nSPS) is 12.5. The minimum absolute atomic E-state index is 0.126. The molecule has 116 valence electrons. The van der Waals surface area contributed by atoms with Crippen LogP contribution in [0.3, 0.4) is 0 Å². The van der Waals surface area contributed by atoms with E-state index in [1.165, 1.54) is 0 Å². The number of nitrogens with zero attached hydrogens (tertiary/aromatic N) is 3. The molecule has 0 bridgehead atoms. The van der Waals surface area contributed by atoms with Crippen molar-refractivity contribution in [2.24, 2.45) is 0 Å². The second kappa shape index (κ2) is 6.79. The van der Waals surface area contributed by atoms with Crippen LogP contribution in [0, 0.1) is 0 Å². The van der Waals surface area contributed by atoms with E-state index in [0.717, 1.165) is 9.94 Å². The van der Waals surface area contributed by atoms with Crippen molar-refractivity contribution < 1.29 is 0 Å². The van der Waals surface area contributed by atoms with Crippen molar-refractivity contribution in [2.75, 3.05) is 0 Å². The predicted octanol–water partition coefficient (Wildman–Crippen LogP) is 4.21. The molecule has 0 unspecified atom stereocenters. The van der Waals surface area contributed by atoms with E-state index in [1.54, 1.807) is 0 Å². The third-order valence-electron chi connectivity index (χ3n) is 2.59. The molecule has 0 aliphatic heterocycles. The summed E-state index contributed by atoms with van der Waals surface area (Å²) in [5.74, 6) is -0.0134. The van der Waals surface area contributed by atoms with Gasteiger partial charge in [0.1, 0.15) is 7.85 Å². The van der Waals surface area contributed by atoms with Gasteiger partial charge in [-0.3, -0.25) is 0 Å². The lowest BCUT2D eigenvalue weighted by atomic mass is 9.90. The first-order chi connectivity index (χ1) is 10.00. The van der Waals surface area contributed by atoms with Crippen molar-refractivity contribution in [1.29, 1.82) is 0 Å². The molecule has 3 nitrogen and oxygen atoms in total. The van der Waals surface area contributed by atoms with Gasteiger partial charge in [-0.15, -0.1) is 0 Å². The SMILES string of the molecule is Bc1cccc(Br)c1-c1nc(C(Cl)(Cl)Cl)nc(C(Cl)(Cl)Cl)n1. The van der Waals surface area contributed by atoms with Crippen molar-refractivity contribution in [2.45, 2.75) is 7.59 Å². The zero-order valence-corrected chi connectivity index (χ0v) is 16.8. The molecular formula is C11H5BBrCl6N3. The van der Waals surface area contributed by atoms with Crippen molar-refractivity contribution in [3.8, 4) is 11.4 Å². The standard InChI is InChI=1S/C11H5BBrCl6N3/c12-4-2-1-3-5(13)6(4)7-20-8(10(14,15)16)22-9(21-7)11(17,18)19/h1-3H,12H2. The van der Waals surface area contributed by atoms with E-state index in [4.69, 9.17) is 69.6 Å². The molecule has 0 aliphatic carbocycles. The number of benzene rings is 1. The van der Waals surface area contributed by atoms with Crippen molar-refractivity contribution in [1.82, 2.24) is 15.0 Å². The van der Waals surface area contributed by atoms with Gasteiger partial charge >= 0.3 is 0 Å². The number of rotatable bonds is 1. The molecule has 0 saturated heterocycles. The second-order valence-electron chi connectivity index (χ2n) is 4.23. The highest BCUT2D eigenvalue weighted by Gasteiger charge is 2.34. The summed E-state index contributed by atoms with van der Waals surface area (Å²) >= 11 is 38.6. The van der Waals surface area contributed by atoms with Gasteiger partial charge in [0.2, 0.25) is 7.59 Å². The Morgan fingerprint density at radius 3 is 1.77 bits per heavy atom. The first-order valence-corrected chi connectivity index (χ1v) is 8.72. The first-order valence-electron chi connectivity index (χ1n) is 5.66. The smallest absolute Gasteiger partial charge is 0.209 e. The van der Waals surface area contributed by atoms with Crippen LogP contribution in [-0.2, 0) is 7.59 Å². The third kappa shape index (κ3) is 4.32. The van der Waals surface area contributed by atoms with E-state index in [1.807, 2.05) is 26.0 Å². The fourth-order valence-electron chi connectivity index (χ4n) is 1.66. The Bertz CT molecular complexity index is 663. The average molecular weight is 483 g/mol. The Hall–Kier alpha value is 0.515. The summed E-state index contributed by atoms with van der Waals surface area (Å²) in [6, 6.07) is 5.58. The van der Waals surface area contributed by atoms with Crippen LogP contribution in [-0.4, -0.2) is 22.8 Å². The van der Waals surface area contributed by atoms with E-state index in [2.05, 4.69) is 30.9 Å². The molecule has 0 N–H and O–H groups in total. The van der Waals surface area contributed by atoms with Crippen LogP contribution < -0.4 is 5.46 Å². The Balaban J connectivity index is 2.76. The second-order valence-corrected chi connectivity index (χ2v) is 9.65. The first kappa shape index (κ1) is 18.8. The molecule has 0 fully saturated rings. The van der Waals surface area contributed by atoms with E-state index in [0.29, 0.717) is 5.56 Å². The Morgan fingerprint density at radius 1 is 0.864 bits per heavy atom. The zero-order valence-electron chi connectivity index (χ0n) is 10.7. The minimum Gasteiger partial charge on any atom is -0.209 e. The molecule has 0 radical (unpaired) electrons. The highest BCUT2D eigenvalue weighted by atomic mass is 79.9. The number of aromatic nitrogens is 3.